The number of benzene rings is 2. The second kappa shape index (κ2) is 4.74. The maximum absolute atomic E-state index is 5.87. The van der Waals surface area contributed by atoms with Crippen LogP contribution in [0.2, 0.25) is 0 Å². The van der Waals surface area contributed by atoms with Crippen LogP contribution < -0.4 is 5.73 Å². The normalized spacial score (nSPS) is 16.1. The second-order valence-corrected chi connectivity index (χ2v) is 5.52. The fourth-order valence-corrected chi connectivity index (χ4v) is 3.27. The van der Waals surface area contributed by atoms with Crippen LogP contribution in [0.5, 0.6) is 0 Å². The number of nitrogen functional groups attached to an aromatic ring is 1. The topological polar surface area (TPSA) is 38.9 Å². The molecule has 1 atom stereocenters. The van der Waals surface area contributed by atoms with Crippen LogP contribution >= 0.6 is 0 Å². The first kappa shape index (κ1) is 12.2. The molecule has 1 heterocycles. The zero-order valence-electron chi connectivity index (χ0n) is 11.7. The highest BCUT2D eigenvalue weighted by Gasteiger charge is 2.25. The SMILES string of the molecule is Nc1cc2c(cn1)CC(c1ccccc1)c1ccccc1-2. The largest absolute Gasteiger partial charge is 0.384 e. The van der Waals surface area contributed by atoms with Crippen molar-refractivity contribution in [1.82, 2.24) is 4.98 Å². The van der Waals surface area contributed by atoms with Crippen molar-refractivity contribution in [2.75, 3.05) is 5.73 Å². The van der Waals surface area contributed by atoms with E-state index in [1.165, 1.54) is 27.8 Å². The van der Waals surface area contributed by atoms with E-state index >= 15 is 0 Å². The van der Waals surface area contributed by atoms with Crippen molar-refractivity contribution in [3.63, 3.8) is 0 Å². The van der Waals surface area contributed by atoms with Gasteiger partial charge in [0, 0.05) is 12.1 Å². The lowest BCUT2D eigenvalue weighted by molar-refractivity contribution is 0.790. The Labute approximate surface area is 124 Å². The highest BCUT2D eigenvalue weighted by Crippen LogP contribution is 2.42. The summed E-state index contributed by atoms with van der Waals surface area (Å²) in [6.45, 7) is 0. The predicted octanol–water partition coefficient (Wildman–Crippen LogP) is 4.02. The standard InChI is InChI=1S/C19H16N2/c20-19-11-18-14(12-21-19)10-17(13-6-2-1-3-7-13)15-8-4-5-9-16(15)18/h1-9,11-12,17H,10H2,(H2,20,21). The molecule has 0 fully saturated rings. The molecule has 0 bridgehead atoms. The van der Waals surface area contributed by atoms with E-state index in [1.54, 1.807) is 0 Å². The molecule has 0 radical (unpaired) electrons. The Hall–Kier alpha value is -2.61. The molecule has 2 heteroatoms. The van der Waals surface area contributed by atoms with Gasteiger partial charge in [-0.3, -0.25) is 0 Å². The number of fused-ring (bicyclic) bond motifs is 3. The van der Waals surface area contributed by atoms with E-state index in [1.807, 2.05) is 12.3 Å². The van der Waals surface area contributed by atoms with Gasteiger partial charge in [-0.25, -0.2) is 4.98 Å². The highest BCUT2D eigenvalue weighted by molar-refractivity contribution is 5.76. The minimum absolute atomic E-state index is 0.389. The number of anilines is 1. The van der Waals surface area contributed by atoms with E-state index in [4.69, 9.17) is 5.73 Å². The van der Waals surface area contributed by atoms with Crippen LogP contribution in [-0.4, -0.2) is 4.98 Å². The molecule has 1 aliphatic carbocycles. The van der Waals surface area contributed by atoms with Gasteiger partial charge in [0.25, 0.3) is 0 Å². The molecule has 2 N–H and O–H groups in total. The molecule has 21 heavy (non-hydrogen) atoms. The minimum atomic E-state index is 0.389. The first-order valence-corrected chi connectivity index (χ1v) is 7.21. The zero-order valence-corrected chi connectivity index (χ0v) is 11.7. The van der Waals surface area contributed by atoms with Gasteiger partial charge in [0.15, 0.2) is 0 Å². The van der Waals surface area contributed by atoms with Gasteiger partial charge >= 0.3 is 0 Å². The van der Waals surface area contributed by atoms with Crippen molar-refractivity contribution in [3.05, 3.63) is 83.6 Å². The van der Waals surface area contributed by atoms with Gasteiger partial charge in [0.1, 0.15) is 5.82 Å². The molecule has 0 amide bonds. The molecular formula is C19H16N2. The summed E-state index contributed by atoms with van der Waals surface area (Å²) in [6.07, 6.45) is 2.90. The number of hydrogen-bond donors (Lipinski definition) is 1. The summed E-state index contributed by atoms with van der Waals surface area (Å²) in [7, 11) is 0. The van der Waals surface area contributed by atoms with Gasteiger partial charge in [0.05, 0.1) is 0 Å². The van der Waals surface area contributed by atoms with Gasteiger partial charge in [0.2, 0.25) is 0 Å². The van der Waals surface area contributed by atoms with Crippen LogP contribution in [0.25, 0.3) is 11.1 Å². The highest BCUT2D eigenvalue weighted by atomic mass is 14.8. The van der Waals surface area contributed by atoms with Crippen LogP contribution in [0, 0.1) is 0 Å². The predicted molar refractivity (Wildman–Crippen MR) is 86.1 cm³/mol. The van der Waals surface area contributed by atoms with Crippen molar-refractivity contribution >= 4 is 5.82 Å². The smallest absolute Gasteiger partial charge is 0.123 e. The van der Waals surface area contributed by atoms with E-state index < -0.39 is 0 Å². The summed E-state index contributed by atoms with van der Waals surface area (Å²) in [5.74, 6) is 0.974. The van der Waals surface area contributed by atoms with Crippen molar-refractivity contribution in [3.8, 4) is 11.1 Å². The molecule has 4 rings (SSSR count). The molecule has 0 saturated carbocycles. The minimum Gasteiger partial charge on any atom is -0.384 e. The summed E-state index contributed by atoms with van der Waals surface area (Å²) in [5, 5.41) is 0. The molecule has 3 aromatic rings. The maximum Gasteiger partial charge on any atom is 0.123 e. The molecule has 2 aromatic carbocycles. The first-order chi connectivity index (χ1) is 10.3. The average molecular weight is 272 g/mol. The quantitative estimate of drug-likeness (QED) is 0.726. The van der Waals surface area contributed by atoms with Crippen LogP contribution in [0.3, 0.4) is 0 Å². The van der Waals surface area contributed by atoms with Crippen molar-refractivity contribution in [1.29, 1.82) is 0 Å². The van der Waals surface area contributed by atoms with Gasteiger partial charge < -0.3 is 5.73 Å². The Morgan fingerprint density at radius 2 is 1.67 bits per heavy atom. The summed E-state index contributed by atoms with van der Waals surface area (Å²) < 4.78 is 0. The van der Waals surface area contributed by atoms with Crippen LogP contribution in [0.1, 0.15) is 22.6 Å². The summed E-state index contributed by atoms with van der Waals surface area (Å²) in [5.41, 5.74) is 12.4. The lowest BCUT2D eigenvalue weighted by atomic mass is 9.76. The molecule has 1 unspecified atom stereocenters. The number of aromatic nitrogens is 1. The van der Waals surface area contributed by atoms with Gasteiger partial charge in [-0.15, -0.1) is 0 Å². The molecule has 0 spiro atoms. The third-order valence-corrected chi connectivity index (χ3v) is 4.26. The third-order valence-electron chi connectivity index (χ3n) is 4.26. The molecule has 1 aliphatic rings. The summed E-state index contributed by atoms with van der Waals surface area (Å²) in [6, 6.07) is 21.3. The van der Waals surface area contributed by atoms with E-state index in [2.05, 4.69) is 59.6 Å². The Morgan fingerprint density at radius 3 is 2.52 bits per heavy atom. The van der Waals surface area contributed by atoms with Gasteiger partial charge in [-0.2, -0.15) is 0 Å². The lowest BCUT2D eigenvalue weighted by Gasteiger charge is -2.28. The van der Waals surface area contributed by atoms with Crippen molar-refractivity contribution < 1.29 is 0 Å². The fraction of sp³-hybridized carbons (Fsp3) is 0.105. The molecular weight excluding hydrogens is 256 g/mol. The number of rotatable bonds is 1. The van der Waals surface area contributed by atoms with E-state index in [0.29, 0.717) is 11.7 Å². The Kier molecular flexibility index (Phi) is 2.74. The molecule has 1 aromatic heterocycles. The van der Waals surface area contributed by atoms with Crippen molar-refractivity contribution in [2.24, 2.45) is 0 Å². The van der Waals surface area contributed by atoms with Gasteiger partial charge in [-0.1, -0.05) is 54.6 Å². The summed E-state index contributed by atoms with van der Waals surface area (Å²) in [4.78, 5) is 4.27. The maximum atomic E-state index is 5.87. The monoisotopic (exact) mass is 272 g/mol. The molecule has 2 nitrogen and oxygen atoms in total. The average Bonchev–Trinajstić information content (AvgIpc) is 2.55. The Morgan fingerprint density at radius 1 is 0.905 bits per heavy atom. The van der Waals surface area contributed by atoms with Crippen molar-refractivity contribution in [2.45, 2.75) is 12.3 Å². The zero-order chi connectivity index (χ0) is 14.2. The molecule has 102 valence electrons. The van der Waals surface area contributed by atoms with Crippen LogP contribution in [0.15, 0.2) is 66.9 Å². The molecule has 0 aliphatic heterocycles. The first-order valence-electron chi connectivity index (χ1n) is 7.21. The van der Waals surface area contributed by atoms with E-state index in [0.717, 1.165) is 6.42 Å². The van der Waals surface area contributed by atoms with Gasteiger partial charge in [-0.05, 0) is 40.3 Å². The third kappa shape index (κ3) is 2.00. The van der Waals surface area contributed by atoms with E-state index in [9.17, 15) is 0 Å². The number of nitrogens with two attached hydrogens (primary N) is 1. The summed E-state index contributed by atoms with van der Waals surface area (Å²) >= 11 is 0. The number of nitrogens with zero attached hydrogens (tertiary/aromatic N) is 1. The van der Waals surface area contributed by atoms with Crippen LogP contribution in [-0.2, 0) is 6.42 Å². The molecule has 0 saturated heterocycles. The Bertz CT molecular complexity index is 794. The lowest BCUT2D eigenvalue weighted by Crippen LogP contribution is -2.13. The van der Waals surface area contributed by atoms with E-state index in [-0.39, 0.29) is 0 Å². The fourth-order valence-electron chi connectivity index (χ4n) is 3.27. The second-order valence-electron chi connectivity index (χ2n) is 5.52. The number of pyridine rings is 1. The van der Waals surface area contributed by atoms with Crippen LogP contribution in [0.4, 0.5) is 5.82 Å². The number of hydrogen-bond acceptors (Lipinski definition) is 2. The Balaban J connectivity index is 1.93.